The molecular formula is C23H33N5. The molecule has 2 aromatic rings. The van der Waals surface area contributed by atoms with Crippen LogP contribution in [-0.4, -0.2) is 49.2 Å². The number of hydrogen-bond acceptors (Lipinski definition) is 5. The Bertz CT molecular complexity index is 778. The highest BCUT2D eigenvalue weighted by molar-refractivity contribution is 5.53. The van der Waals surface area contributed by atoms with Gasteiger partial charge in [0, 0.05) is 45.5 Å². The first-order valence-corrected chi connectivity index (χ1v) is 10.2. The summed E-state index contributed by atoms with van der Waals surface area (Å²) in [4.78, 5) is 16.4. The van der Waals surface area contributed by atoms with Gasteiger partial charge in [0.1, 0.15) is 11.6 Å². The van der Waals surface area contributed by atoms with Gasteiger partial charge in [0.2, 0.25) is 0 Å². The molecule has 5 nitrogen and oxygen atoms in total. The highest BCUT2D eigenvalue weighted by Crippen LogP contribution is 2.23. The number of anilines is 3. The van der Waals surface area contributed by atoms with Crippen molar-refractivity contribution in [3.05, 3.63) is 54.4 Å². The minimum atomic E-state index is 0.449. The van der Waals surface area contributed by atoms with Gasteiger partial charge in [0.05, 0.1) is 11.9 Å². The number of pyridine rings is 2. The molecule has 28 heavy (non-hydrogen) atoms. The van der Waals surface area contributed by atoms with E-state index in [0.29, 0.717) is 6.04 Å². The van der Waals surface area contributed by atoms with Gasteiger partial charge in [-0.25, -0.2) is 9.97 Å². The van der Waals surface area contributed by atoms with E-state index in [1.807, 2.05) is 18.5 Å². The molecule has 1 unspecified atom stereocenters. The van der Waals surface area contributed by atoms with Crippen molar-refractivity contribution in [3.8, 4) is 0 Å². The fraction of sp³-hybridized carbons (Fsp3) is 0.478. The molecule has 2 aromatic heterocycles. The zero-order chi connectivity index (χ0) is 20.1. The maximum absolute atomic E-state index is 4.72. The van der Waals surface area contributed by atoms with E-state index in [1.165, 1.54) is 16.8 Å². The lowest BCUT2D eigenvalue weighted by Gasteiger charge is -2.37. The van der Waals surface area contributed by atoms with E-state index in [2.05, 4.69) is 72.3 Å². The van der Waals surface area contributed by atoms with Crippen molar-refractivity contribution in [2.45, 2.75) is 39.7 Å². The van der Waals surface area contributed by atoms with Crippen LogP contribution in [0.3, 0.4) is 0 Å². The third-order valence-corrected chi connectivity index (χ3v) is 5.68. The van der Waals surface area contributed by atoms with E-state index in [4.69, 9.17) is 4.98 Å². The molecule has 0 amide bonds. The maximum atomic E-state index is 4.72. The van der Waals surface area contributed by atoms with Crippen molar-refractivity contribution >= 4 is 17.3 Å². The van der Waals surface area contributed by atoms with E-state index in [-0.39, 0.29) is 0 Å². The molecule has 0 N–H and O–H groups in total. The van der Waals surface area contributed by atoms with Crippen LogP contribution < -0.4 is 14.7 Å². The lowest BCUT2D eigenvalue weighted by molar-refractivity contribution is 0.627. The average Bonchev–Trinajstić information content (AvgIpc) is 2.72. The number of piperazine rings is 1. The predicted octanol–water partition coefficient (Wildman–Crippen LogP) is 4.21. The van der Waals surface area contributed by atoms with Gasteiger partial charge in [-0.3, -0.25) is 0 Å². The SMILES string of the molecule is C=CCCC(C)N(C)c1ccc(N2CCN(c3ncc(C)cc3C)CC2)cn1. The molecule has 1 atom stereocenters. The Hall–Kier alpha value is -2.56. The molecule has 0 bridgehead atoms. The van der Waals surface area contributed by atoms with Crippen LogP contribution in [0.1, 0.15) is 30.9 Å². The summed E-state index contributed by atoms with van der Waals surface area (Å²) in [6.07, 6.45) is 8.08. The van der Waals surface area contributed by atoms with Gasteiger partial charge < -0.3 is 14.7 Å². The van der Waals surface area contributed by atoms with Crippen molar-refractivity contribution in [2.24, 2.45) is 0 Å². The molecule has 5 heteroatoms. The number of aromatic nitrogens is 2. The molecule has 0 spiro atoms. The van der Waals surface area contributed by atoms with Crippen LogP contribution in [-0.2, 0) is 0 Å². The van der Waals surface area contributed by atoms with E-state index in [0.717, 1.165) is 50.7 Å². The number of nitrogens with zero attached hydrogens (tertiary/aromatic N) is 5. The topological polar surface area (TPSA) is 35.5 Å². The molecule has 150 valence electrons. The lowest BCUT2D eigenvalue weighted by Crippen LogP contribution is -2.47. The van der Waals surface area contributed by atoms with Crippen molar-refractivity contribution in [3.63, 3.8) is 0 Å². The second kappa shape index (κ2) is 9.09. The molecule has 1 aliphatic heterocycles. The minimum absolute atomic E-state index is 0.449. The van der Waals surface area contributed by atoms with Crippen LogP contribution in [0.15, 0.2) is 43.2 Å². The summed E-state index contributed by atoms with van der Waals surface area (Å²) in [6, 6.07) is 7.00. The van der Waals surface area contributed by atoms with Crippen molar-refractivity contribution in [2.75, 3.05) is 47.9 Å². The third-order valence-electron chi connectivity index (χ3n) is 5.68. The quantitative estimate of drug-likeness (QED) is 0.674. The van der Waals surface area contributed by atoms with Crippen molar-refractivity contribution in [1.29, 1.82) is 0 Å². The zero-order valence-electron chi connectivity index (χ0n) is 17.7. The largest absolute Gasteiger partial charge is 0.367 e. The smallest absolute Gasteiger partial charge is 0.131 e. The second-order valence-corrected chi connectivity index (χ2v) is 7.83. The van der Waals surface area contributed by atoms with Gasteiger partial charge in [-0.2, -0.15) is 0 Å². The number of hydrogen-bond donors (Lipinski definition) is 0. The molecule has 1 saturated heterocycles. The lowest BCUT2D eigenvalue weighted by atomic mass is 10.1. The molecule has 0 aromatic carbocycles. The standard InChI is InChI=1S/C23H33N5/c1-6-7-8-20(4)26(5)22-10-9-21(17-24-22)27-11-13-28(14-12-27)23-19(3)15-18(2)16-25-23/h6,9-10,15-17,20H,1,7-8,11-14H2,2-5H3. The van der Waals surface area contributed by atoms with Crippen LogP contribution in [0.5, 0.6) is 0 Å². The molecule has 0 radical (unpaired) electrons. The van der Waals surface area contributed by atoms with E-state index < -0.39 is 0 Å². The van der Waals surface area contributed by atoms with Crippen LogP contribution >= 0.6 is 0 Å². The summed E-state index contributed by atoms with van der Waals surface area (Å²) in [5.41, 5.74) is 3.67. The molecule has 1 fully saturated rings. The number of allylic oxidation sites excluding steroid dienone is 1. The summed E-state index contributed by atoms with van der Waals surface area (Å²) in [5.74, 6) is 2.15. The predicted molar refractivity (Wildman–Crippen MR) is 120 cm³/mol. The first kappa shape index (κ1) is 20.2. The maximum Gasteiger partial charge on any atom is 0.131 e. The van der Waals surface area contributed by atoms with Gasteiger partial charge in [0.25, 0.3) is 0 Å². The molecule has 1 aliphatic rings. The van der Waals surface area contributed by atoms with Crippen molar-refractivity contribution in [1.82, 2.24) is 9.97 Å². The molecule has 3 heterocycles. The first-order chi connectivity index (χ1) is 13.5. The van der Waals surface area contributed by atoms with Gasteiger partial charge >= 0.3 is 0 Å². The highest BCUT2D eigenvalue weighted by Gasteiger charge is 2.20. The second-order valence-electron chi connectivity index (χ2n) is 7.83. The Balaban J connectivity index is 1.59. The van der Waals surface area contributed by atoms with Gasteiger partial charge in [0.15, 0.2) is 0 Å². The van der Waals surface area contributed by atoms with E-state index in [1.54, 1.807) is 0 Å². The first-order valence-electron chi connectivity index (χ1n) is 10.2. The summed E-state index contributed by atoms with van der Waals surface area (Å²) in [5, 5.41) is 0. The van der Waals surface area contributed by atoms with Gasteiger partial charge in [-0.15, -0.1) is 6.58 Å². The van der Waals surface area contributed by atoms with Crippen LogP contribution in [0.4, 0.5) is 17.3 Å². The monoisotopic (exact) mass is 379 g/mol. The van der Waals surface area contributed by atoms with Crippen molar-refractivity contribution < 1.29 is 0 Å². The third kappa shape index (κ3) is 4.64. The zero-order valence-corrected chi connectivity index (χ0v) is 17.7. The summed E-state index contributed by atoms with van der Waals surface area (Å²) in [6.45, 7) is 14.2. The Morgan fingerprint density at radius 1 is 1.11 bits per heavy atom. The molecule has 0 aliphatic carbocycles. The summed E-state index contributed by atoms with van der Waals surface area (Å²) >= 11 is 0. The van der Waals surface area contributed by atoms with Crippen LogP contribution in [0.2, 0.25) is 0 Å². The van der Waals surface area contributed by atoms with Crippen LogP contribution in [0.25, 0.3) is 0 Å². The fourth-order valence-electron chi connectivity index (χ4n) is 3.77. The number of rotatable bonds is 7. The van der Waals surface area contributed by atoms with Crippen LogP contribution in [0, 0.1) is 13.8 Å². The summed E-state index contributed by atoms with van der Waals surface area (Å²) in [7, 11) is 2.12. The van der Waals surface area contributed by atoms with E-state index >= 15 is 0 Å². The Morgan fingerprint density at radius 3 is 2.43 bits per heavy atom. The number of aryl methyl sites for hydroxylation is 2. The Labute approximate surface area is 169 Å². The normalized spacial score (nSPS) is 15.4. The van der Waals surface area contributed by atoms with E-state index in [9.17, 15) is 0 Å². The highest BCUT2D eigenvalue weighted by atomic mass is 15.3. The minimum Gasteiger partial charge on any atom is -0.367 e. The van der Waals surface area contributed by atoms with Gasteiger partial charge in [-0.05, 0) is 56.9 Å². The molecular weight excluding hydrogens is 346 g/mol. The Kier molecular flexibility index (Phi) is 6.55. The molecule has 3 rings (SSSR count). The van der Waals surface area contributed by atoms with Gasteiger partial charge in [-0.1, -0.05) is 12.1 Å². The average molecular weight is 380 g/mol. The fourth-order valence-corrected chi connectivity index (χ4v) is 3.77. The molecule has 0 saturated carbocycles. The Morgan fingerprint density at radius 2 is 1.82 bits per heavy atom. The summed E-state index contributed by atoms with van der Waals surface area (Å²) < 4.78 is 0.